The third-order valence-corrected chi connectivity index (χ3v) is 3.08. The van der Waals surface area contributed by atoms with Crippen molar-refractivity contribution in [3.63, 3.8) is 0 Å². The number of phosphoric acid groups is 1. The topological polar surface area (TPSA) is 177 Å². The number of anilines is 1. The number of aromatic nitrogens is 2. The highest BCUT2D eigenvalue weighted by atomic mass is 31.2. The maximum absolute atomic E-state index is 11.6. The predicted octanol–water partition coefficient (Wildman–Crippen LogP) is -0.840. The third-order valence-electron chi connectivity index (χ3n) is 2.59. The monoisotopic (exact) mass is 321 g/mol. The molecule has 11 nitrogen and oxygen atoms in total. The Morgan fingerprint density at radius 1 is 1.43 bits per heavy atom. The molecule has 0 bridgehead atoms. The normalized spacial score (nSPS) is 22.8. The van der Waals surface area contributed by atoms with Gasteiger partial charge in [-0.25, -0.2) is 9.36 Å². The first kappa shape index (κ1) is 15.5. The van der Waals surface area contributed by atoms with Crippen LogP contribution in [0.4, 0.5) is 5.82 Å². The number of nitrogens with two attached hydrogens (primary N) is 1. The summed E-state index contributed by atoms with van der Waals surface area (Å²) in [4.78, 5) is 32.2. The summed E-state index contributed by atoms with van der Waals surface area (Å²) in [5.74, 6) is -1.43. The van der Waals surface area contributed by atoms with Crippen molar-refractivity contribution in [3.05, 3.63) is 34.3 Å². The maximum Gasteiger partial charge on any atom is 0.469 e. The molecule has 0 aromatic carbocycles. The Balaban J connectivity index is 2.21. The van der Waals surface area contributed by atoms with Crippen LogP contribution >= 0.6 is 7.82 Å². The van der Waals surface area contributed by atoms with E-state index in [1.807, 2.05) is 0 Å². The Morgan fingerprint density at radius 3 is 2.67 bits per heavy atom. The minimum absolute atomic E-state index is 0.0386. The molecule has 2 rings (SSSR count). The van der Waals surface area contributed by atoms with Gasteiger partial charge in [0.2, 0.25) is 0 Å². The number of aliphatic hydroxyl groups excluding tert-OH is 2. The highest BCUT2D eigenvalue weighted by Crippen LogP contribution is 2.38. The molecule has 2 heterocycles. The minimum Gasteiger partial charge on any atom is -0.506 e. The zero-order valence-corrected chi connectivity index (χ0v) is 11.3. The molecule has 1 aromatic heterocycles. The molecule has 0 unspecified atom stereocenters. The predicted molar refractivity (Wildman–Crippen MR) is 67.1 cm³/mol. The molecule has 6 N–H and O–H groups in total. The van der Waals surface area contributed by atoms with E-state index in [9.17, 15) is 19.6 Å². The van der Waals surface area contributed by atoms with Gasteiger partial charge < -0.3 is 30.5 Å². The molecular weight excluding hydrogens is 309 g/mol. The van der Waals surface area contributed by atoms with Gasteiger partial charge in [0.05, 0.1) is 6.61 Å². The van der Waals surface area contributed by atoms with E-state index in [0.717, 1.165) is 4.57 Å². The number of nitrogens with zero attached hydrogens (tertiary/aromatic N) is 2. The first-order chi connectivity index (χ1) is 9.69. The Hall–Kier alpha value is -1.91. The van der Waals surface area contributed by atoms with Crippen molar-refractivity contribution in [3.8, 4) is 0 Å². The number of hydrogen-bond donors (Lipinski definition) is 5. The van der Waals surface area contributed by atoms with Crippen LogP contribution in [0.2, 0.25) is 0 Å². The van der Waals surface area contributed by atoms with Crippen LogP contribution in [0.5, 0.6) is 0 Å². The van der Waals surface area contributed by atoms with E-state index in [-0.39, 0.29) is 5.82 Å². The summed E-state index contributed by atoms with van der Waals surface area (Å²) in [6.45, 7) is -0.714. The Kier molecular flexibility index (Phi) is 4.03. The largest absolute Gasteiger partial charge is 0.506 e. The van der Waals surface area contributed by atoms with Gasteiger partial charge in [-0.05, 0) is 6.07 Å². The molecule has 21 heavy (non-hydrogen) atoms. The average Bonchev–Trinajstić information content (AvgIpc) is 2.64. The molecule has 0 aliphatic carbocycles. The second-order valence-corrected chi connectivity index (χ2v) is 5.32. The van der Waals surface area contributed by atoms with Crippen LogP contribution < -0.4 is 11.4 Å². The number of phosphoric ester groups is 1. The van der Waals surface area contributed by atoms with E-state index in [2.05, 4.69) is 9.51 Å². The molecule has 116 valence electrons. The van der Waals surface area contributed by atoms with Crippen LogP contribution in [-0.4, -0.2) is 42.3 Å². The number of ether oxygens (including phenoxy) is 1. The lowest BCUT2D eigenvalue weighted by atomic mass is 10.3. The maximum atomic E-state index is 11.6. The van der Waals surface area contributed by atoms with Gasteiger partial charge in [0.15, 0.2) is 17.7 Å². The number of nitrogen functional groups attached to an aromatic ring is 1. The first-order valence-corrected chi connectivity index (χ1v) is 7.04. The Morgan fingerprint density at radius 2 is 2.10 bits per heavy atom. The highest BCUT2D eigenvalue weighted by molar-refractivity contribution is 7.46. The number of rotatable bonds is 4. The van der Waals surface area contributed by atoms with Gasteiger partial charge in [-0.3, -0.25) is 9.09 Å². The number of hydrogen-bond acceptors (Lipinski definition) is 8. The SMILES string of the molecule is Nc1ccn([C@@H]2O[C@H](COP(=O)(O)O)C(O)=C2O)c(=O)n1. The van der Waals surface area contributed by atoms with E-state index in [4.69, 9.17) is 20.3 Å². The van der Waals surface area contributed by atoms with Crippen molar-refractivity contribution in [2.75, 3.05) is 12.3 Å². The van der Waals surface area contributed by atoms with Gasteiger partial charge in [0.1, 0.15) is 11.9 Å². The van der Waals surface area contributed by atoms with Crippen LogP contribution in [0.3, 0.4) is 0 Å². The van der Waals surface area contributed by atoms with Gasteiger partial charge >= 0.3 is 13.5 Å². The van der Waals surface area contributed by atoms with Crippen molar-refractivity contribution >= 4 is 13.6 Å². The second-order valence-electron chi connectivity index (χ2n) is 4.08. The molecule has 0 saturated carbocycles. The molecule has 1 aliphatic rings. The zero-order valence-electron chi connectivity index (χ0n) is 10.4. The summed E-state index contributed by atoms with van der Waals surface area (Å²) < 4.78 is 20.8. The lowest BCUT2D eigenvalue weighted by Crippen LogP contribution is -2.29. The molecule has 0 saturated heterocycles. The third kappa shape index (κ3) is 3.40. The minimum atomic E-state index is -4.76. The summed E-state index contributed by atoms with van der Waals surface area (Å²) in [6.07, 6.45) is -1.55. The van der Waals surface area contributed by atoms with Gasteiger partial charge in [-0.15, -0.1) is 0 Å². The van der Waals surface area contributed by atoms with Gasteiger partial charge in [-0.2, -0.15) is 4.98 Å². The van der Waals surface area contributed by atoms with E-state index >= 15 is 0 Å². The van der Waals surface area contributed by atoms with Crippen molar-refractivity contribution in [2.45, 2.75) is 12.3 Å². The van der Waals surface area contributed by atoms with E-state index < -0.39 is 44.0 Å². The molecular formula is C9H12N3O8P. The fraction of sp³-hybridized carbons (Fsp3) is 0.333. The number of aliphatic hydroxyl groups is 2. The summed E-state index contributed by atoms with van der Waals surface area (Å²) in [6, 6.07) is 1.27. The lowest BCUT2D eigenvalue weighted by Gasteiger charge is -2.16. The van der Waals surface area contributed by atoms with E-state index in [0.29, 0.717) is 0 Å². The van der Waals surface area contributed by atoms with Gasteiger partial charge in [0.25, 0.3) is 0 Å². The second kappa shape index (κ2) is 5.47. The molecule has 0 fully saturated rings. The molecule has 0 radical (unpaired) electrons. The summed E-state index contributed by atoms with van der Waals surface area (Å²) in [7, 11) is -4.76. The molecule has 0 spiro atoms. The summed E-state index contributed by atoms with van der Waals surface area (Å²) in [5.41, 5.74) is 4.48. The standard InChI is InChI=1S/C9H12N3O8P/c10-5-1-2-12(9(15)11-5)8-7(14)6(13)4(20-8)3-19-21(16,17)18/h1-2,4,8,13-14H,3H2,(H2,10,11,15)(H2,16,17,18)/t4-,8-/m1/s1. The first-order valence-electron chi connectivity index (χ1n) is 5.51. The smallest absolute Gasteiger partial charge is 0.469 e. The van der Waals surface area contributed by atoms with Crippen LogP contribution in [0.15, 0.2) is 28.6 Å². The van der Waals surface area contributed by atoms with Crippen molar-refractivity contribution < 1.29 is 33.8 Å². The fourth-order valence-corrected chi connectivity index (χ4v) is 1.99. The quantitative estimate of drug-likeness (QED) is 0.439. The van der Waals surface area contributed by atoms with Crippen LogP contribution in [0, 0.1) is 0 Å². The van der Waals surface area contributed by atoms with Crippen LogP contribution in [0.1, 0.15) is 6.23 Å². The van der Waals surface area contributed by atoms with Gasteiger partial charge in [0, 0.05) is 6.20 Å². The average molecular weight is 321 g/mol. The Bertz CT molecular complexity index is 680. The van der Waals surface area contributed by atoms with Crippen molar-refractivity contribution in [1.82, 2.24) is 9.55 Å². The lowest BCUT2D eigenvalue weighted by molar-refractivity contribution is -0.0362. The van der Waals surface area contributed by atoms with Crippen LogP contribution in [0.25, 0.3) is 0 Å². The summed E-state index contributed by atoms with van der Waals surface area (Å²) >= 11 is 0. The molecule has 1 aliphatic heterocycles. The van der Waals surface area contributed by atoms with Crippen molar-refractivity contribution in [1.29, 1.82) is 0 Å². The molecule has 0 amide bonds. The van der Waals surface area contributed by atoms with Crippen molar-refractivity contribution in [2.24, 2.45) is 0 Å². The molecule has 2 atom stereocenters. The fourth-order valence-electron chi connectivity index (χ4n) is 1.66. The van der Waals surface area contributed by atoms with Gasteiger partial charge in [-0.1, -0.05) is 0 Å². The van der Waals surface area contributed by atoms with E-state index in [1.54, 1.807) is 0 Å². The zero-order chi connectivity index (χ0) is 15.8. The molecule has 12 heteroatoms. The molecule has 1 aromatic rings. The van der Waals surface area contributed by atoms with Crippen LogP contribution in [-0.2, 0) is 13.8 Å². The highest BCUT2D eigenvalue weighted by Gasteiger charge is 2.38. The summed E-state index contributed by atoms with van der Waals surface area (Å²) in [5, 5.41) is 19.4. The van der Waals surface area contributed by atoms with E-state index in [1.165, 1.54) is 12.3 Å². The Labute approximate surface area is 117 Å².